The van der Waals surface area contributed by atoms with Gasteiger partial charge in [0, 0.05) is 0 Å². The van der Waals surface area contributed by atoms with E-state index < -0.39 is 8.07 Å². The maximum Gasteiger partial charge on any atom is 0.174 e. The van der Waals surface area contributed by atoms with Crippen molar-refractivity contribution in [2.45, 2.75) is 25.8 Å². The molecule has 0 aliphatic carbocycles. The minimum absolute atomic E-state index is 0.0369. The molecule has 0 heterocycles. The van der Waals surface area contributed by atoms with Crippen LogP contribution < -0.4 is 29.8 Å². The zero-order valence-electron chi connectivity index (χ0n) is 22.9. The summed E-state index contributed by atoms with van der Waals surface area (Å²) in [6, 6.07) is 32.6. The Morgan fingerprint density at radius 3 is 1.68 bits per heavy atom. The van der Waals surface area contributed by atoms with Gasteiger partial charge in [-0.3, -0.25) is 0 Å². The molecule has 0 saturated heterocycles. The van der Waals surface area contributed by atoms with E-state index in [-0.39, 0.29) is 5.04 Å². The van der Waals surface area contributed by atoms with Gasteiger partial charge in [-0.05, 0) is 72.5 Å². The second-order valence-electron chi connectivity index (χ2n) is 10.3. The highest BCUT2D eigenvalue weighted by Gasteiger charge is 2.50. The molecule has 0 atom stereocenters. The van der Waals surface area contributed by atoms with Gasteiger partial charge in [0.05, 0.1) is 24.9 Å². The average molecular weight is 635 g/mol. The van der Waals surface area contributed by atoms with Crippen LogP contribution in [0.15, 0.2) is 91.0 Å². The van der Waals surface area contributed by atoms with Crippen molar-refractivity contribution >= 4 is 58.4 Å². The molecule has 4 aromatic rings. The third-order valence-electron chi connectivity index (χ3n) is 7.09. The number of ether oxygens (including phenoxy) is 3. The van der Waals surface area contributed by atoms with E-state index in [2.05, 4.69) is 140 Å². The number of hydrogen-bond acceptors (Lipinski definition) is 3. The molecule has 0 fully saturated rings. The topological polar surface area (TPSA) is 27.7 Å². The van der Waals surface area contributed by atoms with Crippen LogP contribution in [0, 0.1) is 3.57 Å². The Labute approximate surface area is 241 Å². The second kappa shape index (κ2) is 11.8. The van der Waals surface area contributed by atoms with Gasteiger partial charge < -0.3 is 14.2 Å². The molecule has 0 spiro atoms. The van der Waals surface area contributed by atoms with Crippen molar-refractivity contribution in [1.29, 1.82) is 0 Å². The minimum atomic E-state index is -2.56. The Hall–Kier alpha value is -3.03. The van der Waals surface area contributed by atoms with Crippen LogP contribution in [-0.4, -0.2) is 29.4 Å². The summed E-state index contributed by atoms with van der Waals surface area (Å²) >= 11 is 2.29. The molecular weight excluding hydrogens is 599 g/mol. The Kier molecular flexibility index (Phi) is 8.68. The first-order chi connectivity index (χ1) is 18.3. The molecular formula is C33H35IO3Si. The van der Waals surface area contributed by atoms with Crippen molar-refractivity contribution in [2.24, 2.45) is 0 Å². The van der Waals surface area contributed by atoms with Crippen LogP contribution in [0.4, 0.5) is 0 Å². The highest BCUT2D eigenvalue weighted by molar-refractivity contribution is 14.1. The summed E-state index contributed by atoms with van der Waals surface area (Å²) in [5.41, 5.74) is 2.17. The van der Waals surface area contributed by atoms with Gasteiger partial charge in [0.2, 0.25) is 0 Å². The molecule has 5 heteroatoms. The summed E-state index contributed by atoms with van der Waals surface area (Å²) in [7, 11) is 2.55. The molecule has 38 heavy (non-hydrogen) atoms. The summed E-state index contributed by atoms with van der Waals surface area (Å²) < 4.78 is 18.1. The Morgan fingerprint density at radius 1 is 0.632 bits per heavy atom. The molecule has 0 amide bonds. The third-order valence-corrected chi connectivity index (χ3v) is 13.7. The number of halogens is 1. The second-order valence-corrected chi connectivity index (χ2v) is 16.1. The Balaban J connectivity index is 1.94. The normalized spacial score (nSPS) is 12.0. The molecule has 196 valence electrons. The van der Waals surface area contributed by atoms with Crippen LogP contribution >= 0.6 is 22.6 Å². The van der Waals surface area contributed by atoms with Gasteiger partial charge in [-0.1, -0.05) is 106 Å². The fourth-order valence-corrected chi connectivity index (χ4v) is 12.1. The van der Waals surface area contributed by atoms with Crippen LogP contribution in [0.3, 0.4) is 0 Å². The van der Waals surface area contributed by atoms with E-state index in [0.29, 0.717) is 0 Å². The zero-order chi connectivity index (χ0) is 27.3. The molecule has 4 rings (SSSR count). The SMILES string of the molecule is COc1ccc(/C=C/c2cc(I)c(OC)c(OC)c2)cc1[Si](c1ccccc1)(c1ccccc1)C(C)(C)C. The molecule has 0 saturated carbocycles. The Morgan fingerprint density at radius 2 is 1.18 bits per heavy atom. The summed E-state index contributed by atoms with van der Waals surface area (Å²) in [6.45, 7) is 7.10. The summed E-state index contributed by atoms with van der Waals surface area (Å²) in [6.07, 6.45) is 4.29. The van der Waals surface area contributed by atoms with Crippen LogP contribution in [0.5, 0.6) is 17.2 Å². The van der Waals surface area contributed by atoms with Gasteiger partial charge in [0.15, 0.2) is 19.6 Å². The lowest BCUT2D eigenvalue weighted by Gasteiger charge is -2.45. The Bertz CT molecular complexity index is 1370. The highest BCUT2D eigenvalue weighted by Crippen LogP contribution is 2.38. The van der Waals surface area contributed by atoms with Crippen LogP contribution in [0.2, 0.25) is 5.04 Å². The molecule has 0 aliphatic heterocycles. The van der Waals surface area contributed by atoms with Gasteiger partial charge in [-0.15, -0.1) is 0 Å². The predicted molar refractivity (Wildman–Crippen MR) is 171 cm³/mol. The minimum Gasteiger partial charge on any atom is -0.497 e. The summed E-state index contributed by atoms with van der Waals surface area (Å²) in [4.78, 5) is 0. The van der Waals surface area contributed by atoms with Crippen molar-refractivity contribution < 1.29 is 14.2 Å². The fourth-order valence-electron chi connectivity index (χ4n) is 5.47. The molecule has 0 unspecified atom stereocenters. The maximum atomic E-state index is 6.06. The van der Waals surface area contributed by atoms with Crippen molar-refractivity contribution in [3.63, 3.8) is 0 Å². The lowest BCUT2D eigenvalue weighted by Crippen LogP contribution is -2.72. The van der Waals surface area contributed by atoms with Gasteiger partial charge in [0.1, 0.15) is 5.75 Å². The van der Waals surface area contributed by atoms with E-state index in [4.69, 9.17) is 14.2 Å². The largest absolute Gasteiger partial charge is 0.497 e. The predicted octanol–water partition coefficient (Wildman–Crippen LogP) is 6.76. The van der Waals surface area contributed by atoms with Gasteiger partial charge in [0.25, 0.3) is 0 Å². The zero-order valence-corrected chi connectivity index (χ0v) is 26.1. The van der Waals surface area contributed by atoms with Crippen molar-refractivity contribution in [3.8, 4) is 17.2 Å². The smallest absolute Gasteiger partial charge is 0.174 e. The van der Waals surface area contributed by atoms with E-state index in [9.17, 15) is 0 Å². The van der Waals surface area contributed by atoms with Gasteiger partial charge in [-0.25, -0.2) is 0 Å². The van der Waals surface area contributed by atoms with Gasteiger partial charge in [-0.2, -0.15) is 0 Å². The first kappa shape index (κ1) is 28.0. The van der Waals surface area contributed by atoms with Gasteiger partial charge >= 0.3 is 0 Å². The van der Waals surface area contributed by atoms with E-state index >= 15 is 0 Å². The summed E-state index contributed by atoms with van der Waals surface area (Å²) in [5.74, 6) is 2.41. The van der Waals surface area contributed by atoms with Crippen molar-refractivity contribution in [2.75, 3.05) is 21.3 Å². The number of methoxy groups -OCH3 is 3. The number of benzene rings is 4. The maximum absolute atomic E-state index is 6.06. The quantitative estimate of drug-likeness (QED) is 0.0929. The van der Waals surface area contributed by atoms with Crippen molar-refractivity contribution in [1.82, 2.24) is 0 Å². The van der Waals surface area contributed by atoms with Crippen LogP contribution in [0.25, 0.3) is 12.2 Å². The molecule has 0 N–H and O–H groups in total. The molecule has 0 radical (unpaired) electrons. The number of hydrogen-bond donors (Lipinski definition) is 0. The number of rotatable bonds is 8. The summed E-state index contributed by atoms with van der Waals surface area (Å²) in [5, 5.41) is 3.97. The van der Waals surface area contributed by atoms with E-state index in [0.717, 1.165) is 31.9 Å². The lowest BCUT2D eigenvalue weighted by atomic mass is 10.1. The van der Waals surface area contributed by atoms with Crippen molar-refractivity contribution in [3.05, 3.63) is 106 Å². The van der Waals surface area contributed by atoms with E-state index in [1.165, 1.54) is 15.6 Å². The van der Waals surface area contributed by atoms with E-state index in [1.807, 2.05) is 6.07 Å². The standard InChI is InChI=1S/C33H35IO3Si/c1-33(2,3)38(26-13-9-7-10-14-26,27-15-11-8-12-16-27)31-23-24(19-20-29(31)35-4)17-18-25-21-28(34)32(37-6)30(22-25)36-5/h7-23H,1-6H3/b18-17+. The first-order valence-corrected chi connectivity index (χ1v) is 15.7. The highest BCUT2D eigenvalue weighted by atomic mass is 127. The molecule has 0 bridgehead atoms. The van der Waals surface area contributed by atoms with Crippen LogP contribution in [-0.2, 0) is 0 Å². The average Bonchev–Trinajstić information content (AvgIpc) is 2.92. The lowest BCUT2D eigenvalue weighted by molar-refractivity contribution is 0.353. The first-order valence-electron chi connectivity index (χ1n) is 12.7. The monoisotopic (exact) mass is 634 g/mol. The molecule has 4 aromatic carbocycles. The molecule has 0 aliphatic rings. The van der Waals surface area contributed by atoms with Crippen LogP contribution in [0.1, 0.15) is 31.9 Å². The molecule has 3 nitrogen and oxygen atoms in total. The third kappa shape index (κ3) is 5.27. The fraction of sp³-hybridized carbons (Fsp3) is 0.212. The molecule has 0 aromatic heterocycles. The van der Waals surface area contributed by atoms with E-state index in [1.54, 1.807) is 21.3 Å².